The first kappa shape index (κ1) is 16.1. The molecule has 0 aliphatic heterocycles. The molecule has 0 aromatic heterocycles. The van der Waals surface area contributed by atoms with Gasteiger partial charge in [-0.3, -0.25) is 5.01 Å². The smallest absolute Gasteiger partial charge is 0.329 e. The molecule has 2 amide bonds. The summed E-state index contributed by atoms with van der Waals surface area (Å²) >= 11 is 0. The van der Waals surface area contributed by atoms with Crippen LogP contribution < -0.4 is 21.1 Å². The van der Waals surface area contributed by atoms with E-state index >= 15 is 0 Å². The van der Waals surface area contributed by atoms with Crippen molar-refractivity contribution in [2.45, 2.75) is 33.2 Å². The van der Waals surface area contributed by atoms with Gasteiger partial charge in [0.1, 0.15) is 0 Å². The average Bonchev–Trinajstić information content (AvgIpc) is 2.41. The number of rotatable bonds is 7. The van der Waals surface area contributed by atoms with E-state index in [1.165, 1.54) is 0 Å². The number of amides is 2. The van der Waals surface area contributed by atoms with Crippen molar-refractivity contribution in [3.8, 4) is 11.5 Å². The Bertz CT molecular complexity index is 451. The molecule has 6 nitrogen and oxygen atoms in total. The van der Waals surface area contributed by atoms with Gasteiger partial charge in [-0.2, -0.15) is 0 Å². The second-order valence-corrected chi connectivity index (χ2v) is 4.45. The summed E-state index contributed by atoms with van der Waals surface area (Å²) in [5.74, 6) is 6.99. The van der Waals surface area contributed by atoms with Crippen LogP contribution >= 0.6 is 0 Å². The Kier molecular flexibility index (Phi) is 6.11. The third kappa shape index (κ3) is 4.31. The van der Waals surface area contributed by atoms with Crippen LogP contribution in [-0.2, 0) is 6.42 Å². The molecule has 0 aliphatic carbocycles. The van der Waals surface area contributed by atoms with Crippen LogP contribution in [0.15, 0.2) is 18.2 Å². The molecule has 0 bridgehead atoms. The summed E-state index contributed by atoms with van der Waals surface area (Å²) in [4.78, 5) is 11.0. The lowest BCUT2D eigenvalue weighted by molar-refractivity contribution is 0.189. The highest BCUT2D eigenvalue weighted by molar-refractivity contribution is 5.71. The summed E-state index contributed by atoms with van der Waals surface area (Å²) in [6.45, 7) is 6.81. The molecule has 1 unspecified atom stereocenters. The largest absolute Gasteiger partial charge is 0.490 e. The normalized spacial score (nSPS) is 11.8. The Hall–Kier alpha value is -1.95. The molecule has 112 valence electrons. The van der Waals surface area contributed by atoms with E-state index < -0.39 is 6.03 Å². The van der Waals surface area contributed by atoms with Gasteiger partial charge in [-0.25, -0.2) is 10.6 Å². The molecular formula is C14H23N3O3. The summed E-state index contributed by atoms with van der Waals surface area (Å²) in [5, 5.41) is 1.02. The first-order chi connectivity index (χ1) is 9.49. The third-order valence-electron chi connectivity index (χ3n) is 2.87. The minimum Gasteiger partial charge on any atom is -0.490 e. The molecule has 20 heavy (non-hydrogen) atoms. The summed E-state index contributed by atoms with van der Waals surface area (Å²) in [6, 6.07) is 4.86. The standard InChI is InChI=1S/C14H23N3O3/c1-4-19-12-7-6-11(9-13(12)20-5-2)8-10(3)17(16)14(15)18/h6-7,9-10H,4-5,8,16H2,1-3H3,(H2,15,18). The number of ether oxygens (including phenoxy) is 2. The van der Waals surface area contributed by atoms with E-state index in [1.807, 2.05) is 39.0 Å². The summed E-state index contributed by atoms with van der Waals surface area (Å²) in [5.41, 5.74) is 6.15. The number of primary amides is 1. The third-order valence-corrected chi connectivity index (χ3v) is 2.87. The van der Waals surface area contributed by atoms with Crippen LogP contribution in [0.3, 0.4) is 0 Å². The molecule has 6 heteroatoms. The van der Waals surface area contributed by atoms with Gasteiger partial charge in [0, 0.05) is 0 Å². The van der Waals surface area contributed by atoms with Gasteiger partial charge in [-0.1, -0.05) is 6.07 Å². The number of carbonyl (C=O) groups excluding carboxylic acids is 1. The molecule has 0 radical (unpaired) electrons. The van der Waals surface area contributed by atoms with E-state index in [9.17, 15) is 4.79 Å². The number of urea groups is 1. The lowest BCUT2D eigenvalue weighted by atomic mass is 10.1. The second kappa shape index (κ2) is 7.59. The highest BCUT2D eigenvalue weighted by atomic mass is 16.5. The summed E-state index contributed by atoms with van der Waals surface area (Å²) in [6.07, 6.45) is 0.589. The number of benzene rings is 1. The van der Waals surface area contributed by atoms with E-state index in [0.29, 0.717) is 31.1 Å². The van der Waals surface area contributed by atoms with Gasteiger partial charge in [-0.05, 0) is 44.9 Å². The van der Waals surface area contributed by atoms with Gasteiger partial charge in [-0.15, -0.1) is 0 Å². The minimum absolute atomic E-state index is 0.195. The van der Waals surface area contributed by atoms with Crippen LogP contribution in [-0.4, -0.2) is 30.3 Å². The number of hydrogen-bond donors (Lipinski definition) is 2. The first-order valence-corrected chi connectivity index (χ1v) is 6.71. The van der Waals surface area contributed by atoms with E-state index in [2.05, 4.69) is 0 Å². The van der Waals surface area contributed by atoms with Crippen molar-refractivity contribution < 1.29 is 14.3 Å². The minimum atomic E-state index is -0.645. The molecule has 0 spiro atoms. The van der Waals surface area contributed by atoms with Crippen LogP contribution in [0.1, 0.15) is 26.3 Å². The van der Waals surface area contributed by atoms with Gasteiger partial charge >= 0.3 is 6.03 Å². The molecule has 0 aliphatic rings. The molecule has 0 fully saturated rings. The van der Waals surface area contributed by atoms with Gasteiger partial charge in [0.05, 0.1) is 19.3 Å². The number of hydrogen-bond acceptors (Lipinski definition) is 4. The fraction of sp³-hybridized carbons (Fsp3) is 0.500. The van der Waals surface area contributed by atoms with Crippen LogP contribution in [0, 0.1) is 0 Å². The Morgan fingerprint density at radius 1 is 1.25 bits per heavy atom. The number of nitrogens with zero attached hydrogens (tertiary/aromatic N) is 1. The second-order valence-electron chi connectivity index (χ2n) is 4.45. The number of carbonyl (C=O) groups is 1. The zero-order valence-electron chi connectivity index (χ0n) is 12.3. The Morgan fingerprint density at radius 2 is 1.85 bits per heavy atom. The Morgan fingerprint density at radius 3 is 2.40 bits per heavy atom. The maximum absolute atomic E-state index is 11.0. The lowest BCUT2D eigenvalue weighted by Gasteiger charge is -2.22. The molecule has 1 atom stereocenters. The van der Waals surface area contributed by atoms with Gasteiger partial charge in [0.15, 0.2) is 11.5 Å². The molecule has 1 rings (SSSR count). The summed E-state index contributed by atoms with van der Waals surface area (Å²) in [7, 11) is 0. The number of nitrogens with two attached hydrogens (primary N) is 2. The maximum atomic E-state index is 11.0. The van der Waals surface area contributed by atoms with Crippen molar-refractivity contribution in [2.24, 2.45) is 11.6 Å². The fourth-order valence-electron chi connectivity index (χ4n) is 1.88. The predicted molar refractivity (Wildman–Crippen MR) is 77.6 cm³/mol. The van der Waals surface area contributed by atoms with Crippen molar-refractivity contribution in [2.75, 3.05) is 13.2 Å². The van der Waals surface area contributed by atoms with Crippen molar-refractivity contribution >= 4 is 6.03 Å². The van der Waals surface area contributed by atoms with Crippen molar-refractivity contribution in [1.82, 2.24) is 5.01 Å². The quantitative estimate of drug-likeness (QED) is 0.452. The highest BCUT2D eigenvalue weighted by Crippen LogP contribution is 2.29. The molecular weight excluding hydrogens is 258 g/mol. The van der Waals surface area contributed by atoms with Crippen molar-refractivity contribution in [3.63, 3.8) is 0 Å². The predicted octanol–water partition coefficient (Wildman–Crippen LogP) is 1.67. The maximum Gasteiger partial charge on any atom is 0.329 e. The lowest BCUT2D eigenvalue weighted by Crippen LogP contribution is -2.48. The monoisotopic (exact) mass is 281 g/mol. The van der Waals surface area contributed by atoms with E-state index in [4.69, 9.17) is 21.1 Å². The SMILES string of the molecule is CCOc1ccc(CC(C)N(N)C(N)=O)cc1OCC. The molecule has 1 aromatic rings. The van der Waals surface area contributed by atoms with Crippen LogP contribution in [0.5, 0.6) is 11.5 Å². The van der Waals surface area contributed by atoms with E-state index in [0.717, 1.165) is 10.6 Å². The van der Waals surface area contributed by atoms with Crippen LogP contribution in [0.25, 0.3) is 0 Å². The zero-order chi connectivity index (χ0) is 15.1. The first-order valence-electron chi connectivity index (χ1n) is 6.71. The Balaban J connectivity index is 2.85. The molecule has 0 saturated heterocycles. The average molecular weight is 281 g/mol. The number of hydrazine groups is 1. The van der Waals surface area contributed by atoms with Crippen molar-refractivity contribution in [3.05, 3.63) is 23.8 Å². The van der Waals surface area contributed by atoms with Crippen molar-refractivity contribution in [1.29, 1.82) is 0 Å². The molecule has 4 N–H and O–H groups in total. The van der Waals surface area contributed by atoms with Gasteiger partial charge in [0.25, 0.3) is 0 Å². The topological polar surface area (TPSA) is 90.8 Å². The van der Waals surface area contributed by atoms with E-state index in [1.54, 1.807) is 0 Å². The van der Waals surface area contributed by atoms with E-state index in [-0.39, 0.29) is 6.04 Å². The zero-order valence-corrected chi connectivity index (χ0v) is 12.3. The Labute approximate surface area is 119 Å². The molecule has 1 aromatic carbocycles. The summed E-state index contributed by atoms with van der Waals surface area (Å²) < 4.78 is 11.1. The fourth-order valence-corrected chi connectivity index (χ4v) is 1.88. The van der Waals surface area contributed by atoms with Crippen LogP contribution in [0.2, 0.25) is 0 Å². The molecule has 0 saturated carbocycles. The highest BCUT2D eigenvalue weighted by Gasteiger charge is 2.15. The molecule has 0 heterocycles. The van der Waals surface area contributed by atoms with Gasteiger partial charge in [0.2, 0.25) is 0 Å². The van der Waals surface area contributed by atoms with Gasteiger partial charge < -0.3 is 15.2 Å². The van der Waals surface area contributed by atoms with Crippen LogP contribution in [0.4, 0.5) is 4.79 Å².